The van der Waals surface area contributed by atoms with Crippen LogP contribution in [0.15, 0.2) is 6.07 Å². The van der Waals surface area contributed by atoms with Gasteiger partial charge >= 0.3 is 0 Å². The Labute approximate surface area is 93.5 Å². The van der Waals surface area contributed by atoms with Crippen LogP contribution in [-0.2, 0) is 0 Å². The number of primary amides is 1. The van der Waals surface area contributed by atoms with Gasteiger partial charge in [-0.2, -0.15) is 0 Å². The molecule has 0 unspecified atom stereocenters. The molecule has 82 valence electrons. The lowest BCUT2D eigenvalue weighted by molar-refractivity contribution is 0.100. The SMILES string of the molecule is NC(=O)c1cc(C2CCCCC2)sc1N. The normalized spacial score (nSPS) is 17.9. The number of carbonyl (C=O) groups is 1. The minimum Gasteiger partial charge on any atom is -0.390 e. The standard InChI is InChI=1S/C11H16N2OS/c12-10(14)8-6-9(15-11(8)13)7-4-2-1-3-5-7/h6-7H,1-5,13H2,(H2,12,14). The summed E-state index contributed by atoms with van der Waals surface area (Å²) in [5, 5.41) is 0.572. The highest BCUT2D eigenvalue weighted by atomic mass is 32.1. The van der Waals surface area contributed by atoms with Gasteiger partial charge in [-0.05, 0) is 24.8 Å². The molecule has 1 aromatic heterocycles. The molecular formula is C11H16N2OS. The molecule has 4 heteroatoms. The van der Waals surface area contributed by atoms with Crippen LogP contribution in [-0.4, -0.2) is 5.91 Å². The monoisotopic (exact) mass is 224 g/mol. The van der Waals surface area contributed by atoms with E-state index in [1.807, 2.05) is 6.07 Å². The summed E-state index contributed by atoms with van der Waals surface area (Å²) in [6.07, 6.45) is 6.35. The number of rotatable bonds is 2. The Morgan fingerprint density at radius 1 is 1.33 bits per heavy atom. The van der Waals surface area contributed by atoms with Gasteiger partial charge in [0.15, 0.2) is 0 Å². The summed E-state index contributed by atoms with van der Waals surface area (Å²) in [5.74, 6) is 0.185. The number of carbonyl (C=O) groups excluding carboxylic acids is 1. The molecule has 1 aliphatic carbocycles. The Morgan fingerprint density at radius 2 is 2.00 bits per heavy atom. The highest BCUT2D eigenvalue weighted by molar-refractivity contribution is 7.16. The van der Waals surface area contributed by atoms with Gasteiger partial charge in [0.2, 0.25) is 0 Å². The minimum atomic E-state index is -0.411. The Balaban J connectivity index is 2.21. The largest absolute Gasteiger partial charge is 0.390 e. The highest BCUT2D eigenvalue weighted by Gasteiger charge is 2.20. The summed E-state index contributed by atoms with van der Waals surface area (Å²) >= 11 is 1.53. The molecular weight excluding hydrogens is 208 g/mol. The second-order valence-corrected chi connectivity index (χ2v) is 5.24. The average molecular weight is 224 g/mol. The van der Waals surface area contributed by atoms with Gasteiger partial charge < -0.3 is 11.5 Å². The molecule has 0 atom stereocenters. The molecule has 1 saturated carbocycles. The second-order valence-electron chi connectivity index (χ2n) is 4.13. The molecule has 0 bridgehead atoms. The van der Waals surface area contributed by atoms with Crippen molar-refractivity contribution in [2.75, 3.05) is 5.73 Å². The zero-order valence-corrected chi connectivity index (χ0v) is 9.48. The molecule has 1 aromatic rings. The first kappa shape index (κ1) is 10.5. The number of amides is 1. The maximum Gasteiger partial charge on any atom is 0.251 e. The van der Waals surface area contributed by atoms with Gasteiger partial charge in [0.05, 0.1) is 10.6 Å². The number of nitrogens with two attached hydrogens (primary N) is 2. The molecule has 0 radical (unpaired) electrons. The van der Waals surface area contributed by atoms with E-state index in [0.717, 1.165) is 0 Å². The molecule has 15 heavy (non-hydrogen) atoms. The van der Waals surface area contributed by atoms with Crippen molar-refractivity contribution in [1.82, 2.24) is 0 Å². The summed E-state index contributed by atoms with van der Waals surface area (Å²) in [5.41, 5.74) is 11.5. The van der Waals surface area contributed by atoms with E-state index in [2.05, 4.69) is 0 Å². The predicted molar refractivity (Wildman–Crippen MR) is 63.1 cm³/mol. The van der Waals surface area contributed by atoms with Gasteiger partial charge in [0.1, 0.15) is 0 Å². The van der Waals surface area contributed by atoms with Gasteiger partial charge in [-0.25, -0.2) is 0 Å². The van der Waals surface area contributed by atoms with E-state index in [0.29, 0.717) is 16.5 Å². The van der Waals surface area contributed by atoms with Crippen molar-refractivity contribution in [2.24, 2.45) is 5.73 Å². The average Bonchev–Trinajstić information content (AvgIpc) is 2.62. The van der Waals surface area contributed by atoms with Gasteiger partial charge in [0, 0.05) is 4.88 Å². The van der Waals surface area contributed by atoms with Gasteiger partial charge in [-0.3, -0.25) is 4.79 Å². The zero-order valence-electron chi connectivity index (χ0n) is 8.66. The fourth-order valence-corrected chi connectivity index (χ4v) is 3.31. The van der Waals surface area contributed by atoms with Crippen molar-refractivity contribution >= 4 is 22.2 Å². The predicted octanol–water partition coefficient (Wildman–Crippen LogP) is 2.48. The van der Waals surface area contributed by atoms with Gasteiger partial charge in [-0.1, -0.05) is 19.3 Å². The molecule has 1 aliphatic rings. The Hall–Kier alpha value is -1.03. The fraction of sp³-hybridized carbons (Fsp3) is 0.545. The van der Waals surface area contributed by atoms with Crippen molar-refractivity contribution in [3.63, 3.8) is 0 Å². The van der Waals surface area contributed by atoms with Gasteiger partial charge in [0.25, 0.3) is 5.91 Å². The van der Waals surface area contributed by atoms with Crippen LogP contribution in [0.25, 0.3) is 0 Å². The molecule has 2 rings (SSSR count). The quantitative estimate of drug-likeness (QED) is 0.810. The first-order chi connectivity index (χ1) is 7.18. The molecule has 1 fully saturated rings. The lowest BCUT2D eigenvalue weighted by atomic mass is 9.88. The molecule has 1 heterocycles. The van der Waals surface area contributed by atoms with Crippen LogP contribution in [0.3, 0.4) is 0 Å². The topological polar surface area (TPSA) is 69.1 Å². The third kappa shape index (κ3) is 2.15. The third-order valence-electron chi connectivity index (χ3n) is 3.05. The number of hydrogen-bond acceptors (Lipinski definition) is 3. The lowest BCUT2D eigenvalue weighted by Gasteiger charge is -2.19. The Morgan fingerprint density at radius 3 is 2.53 bits per heavy atom. The Bertz CT molecular complexity index is 367. The maximum atomic E-state index is 11.1. The number of anilines is 1. The molecule has 0 spiro atoms. The van der Waals surface area contributed by atoms with E-state index in [1.165, 1.54) is 48.3 Å². The summed E-state index contributed by atoms with van der Waals surface area (Å²) in [4.78, 5) is 12.3. The van der Waals surface area contributed by atoms with Crippen LogP contribution in [0.1, 0.15) is 53.3 Å². The molecule has 0 aliphatic heterocycles. The minimum absolute atomic E-state index is 0.411. The number of hydrogen-bond donors (Lipinski definition) is 2. The van der Waals surface area contributed by atoms with Gasteiger partial charge in [-0.15, -0.1) is 11.3 Å². The zero-order chi connectivity index (χ0) is 10.8. The summed E-state index contributed by atoms with van der Waals surface area (Å²) < 4.78 is 0. The van der Waals surface area contributed by atoms with Crippen LogP contribution in [0.5, 0.6) is 0 Å². The summed E-state index contributed by atoms with van der Waals surface area (Å²) in [7, 11) is 0. The third-order valence-corrected chi connectivity index (χ3v) is 4.18. The number of thiophene rings is 1. The van der Waals surface area contributed by atoms with Crippen LogP contribution in [0.4, 0.5) is 5.00 Å². The molecule has 1 amide bonds. The van der Waals surface area contributed by atoms with E-state index in [1.54, 1.807) is 0 Å². The van der Waals surface area contributed by atoms with Crippen LogP contribution in [0, 0.1) is 0 Å². The number of nitrogen functional groups attached to an aromatic ring is 1. The van der Waals surface area contributed by atoms with Crippen LogP contribution >= 0.6 is 11.3 Å². The Kier molecular flexibility index (Phi) is 2.95. The van der Waals surface area contributed by atoms with Crippen molar-refractivity contribution < 1.29 is 4.79 Å². The fourth-order valence-electron chi connectivity index (χ4n) is 2.21. The molecule has 3 nitrogen and oxygen atoms in total. The van der Waals surface area contributed by atoms with E-state index in [9.17, 15) is 4.79 Å². The molecule has 4 N–H and O–H groups in total. The second kappa shape index (κ2) is 4.23. The van der Waals surface area contributed by atoms with E-state index in [4.69, 9.17) is 11.5 Å². The van der Waals surface area contributed by atoms with Crippen LogP contribution in [0.2, 0.25) is 0 Å². The lowest BCUT2D eigenvalue weighted by Crippen LogP contribution is -2.11. The highest BCUT2D eigenvalue weighted by Crippen LogP contribution is 2.38. The molecule has 0 saturated heterocycles. The van der Waals surface area contributed by atoms with E-state index >= 15 is 0 Å². The summed E-state index contributed by atoms with van der Waals surface area (Å²) in [6, 6.07) is 1.89. The summed E-state index contributed by atoms with van der Waals surface area (Å²) in [6.45, 7) is 0. The first-order valence-electron chi connectivity index (χ1n) is 5.37. The van der Waals surface area contributed by atoms with Crippen molar-refractivity contribution in [3.05, 3.63) is 16.5 Å². The van der Waals surface area contributed by atoms with E-state index in [-0.39, 0.29) is 0 Å². The van der Waals surface area contributed by atoms with E-state index < -0.39 is 5.91 Å². The molecule has 0 aromatic carbocycles. The first-order valence-corrected chi connectivity index (χ1v) is 6.19. The maximum absolute atomic E-state index is 11.1. The van der Waals surface area contributed by atoms with Crippen molar-refractivity contribution in [2.45, 2.75) is 38.0 Å². The van der Waals surface area contributed by atoms with Crippen molar-refractivity contribution in [3.8, 4) is 0 Å². The van der Waals surface area contributed by atoms with Crippen LogP contribution < -0.4 is 11.5 Å². The smallest absolute Gasteiger partial charge is 0.251 e. The van der Waals surface area contributed by atoms with Crippen molar-refractivity contribution in [1.29, 1.82) is 0 Å².